The molecule has 2 fully saturated rings. The van der Waals surface area contributed by atoms with Crippen LogP contribution in [0, 0.1) is 22.7 Å². The second-order valence-corrected chi connectivity index (χ2v) is 10.8. The molecule has 1 saturated heterocycles. The standard InChI is InChI=1S/C28H38ClN5O2/c1-20(17-35-2)33-22-8-6-21(7-9-22)14-23-15-24(25(29)16-31-23)26-4-3-5-27(34-26)32-19-28(18-30)10-12-36-13-11-28/h3-5,15-16,20-22,33H,6-14,17,19H2,1-2H3,(H,32,34)/t20-,21?,22?/m0/s1. The molecule has 7 nitrogen and oxygen atoms in total. The minimum atomic E-state index is -0.409. The maximum absolute atomic E-state index is 9.73. The fraction of sp³-hybridized carbons (Fsp3) is 0.607. The number of pyridine rings is 2. The van der Waals surface area contributed by atoms with E-state index in [-0.39, 0.29) is 0 Å². The lowest BCUT2D eigenvalue weighted by Crippen LogP contribution is -2.41. The van der Waals surface area contributed by atoms with Gasteiger partial charge in [0.2, 0.25) is 0 Å². The predicted octanol–water partition coefficient (Wildman–Crippen LogP) is 5.26. The Kier molecular flexibility index (Phi) is 9.55. The highest BCUT2D eigenvalue weighted by atomic mass is 35.5. The zero-order chi connectivity index (χ0) is 25.4. The third kappa shape index (κ3) is 7.17. The molecule has 0 amide bonds. The van der Waals surface area contributed by atoms with E-state index in [0.717, 1.165) is 48.6 Å². The topological polar surface area (TPSA) is 92.1 Å². The summed E-state index contributed by atoms with van der Waals surface area (Å²) in [5.74, 6) is 1.38. The second kappa shape index (κ2) is 12.8. The lowest BCUT2D eigenvalue weighted by Gasteiger charge is -2.31. The van der Waals surface area contributed by atoms with Crippen LogP contribution in [0.4, 0.5) is 5.82 Å². The minimum absolute atomic E-state index is 0.386. The van der Waals surface area contributed by atoms with Gasteiger partial charge in [0.1, 0.15) is 5.82 Å². The van der Waals surface area contributed by atoms with Gasteiger partial charge in [-0.15, -0.1) is 0 Å². The van der Waals surface area contributed by atoms with Crippen LogP contribution in [-0.4, -0.2) is 55.5 Å². The van der Waals surface area contributed by atoms with Gasteiger partial charge in [-0.05, 0) is 76.0 Å². The summed E-state index contributed by atoms with van der Waals surface area (Å²) in [5.41, 5.74) is 2.36. The number of nitriles is 1. The van der Waals surface area contributed by atoms with Gasteiger partial charge in [0.15, 0.2) is 0 Å². The molecule has 1 saturated carbocycles. The Morgan fingerprint density at radius 3 is 2.75 bits per heavy atom. The summed E-state index contributed by atoms with van der Waals surface area (Å²) in [6.07, 6.45) is 8.94. The summed E-state index contributed by atoms with van der Waals surface area (Å²) in [5, 5.41) is 17.4. The van der Waals surface area contributed by atoms with Gasteiger partial charge in [-0.2, -0.15) is 5.26 Å². The third-order valence-corrected chi connectivity index (χ3v) is 7.81. The van der Waals surface area contributed by atoms with E-state index >= 15 is 0 Å². The summed E-state index contributed by atoms with van der Waals surface area (Å²) in [4.78, 5) is 9.45. The fourth-order valence-electron chi connectivity index (χ4n) is 5.35. The molecule has 2 aromatic heterocycles. The highest BCUT2D eigenvalue weighted by Crippen LogP contribution is 2.32. The quantitative estimate of drug-likeness (QED) is 0.449. The summed E-state index contributed by atoms with van der Waals surface area (Å²) in [6.45, 7) is 4.74. The monoisotopic (exact) mass is 511 g/mol. The van der Waals surface area contributed by atoms with Crippen LogP contribution in [0.3, 0.4) is 0 Å². The van der Waals surface area contributed by atoms with Crippen LogP contribution in [0.5, 0.6) is 0 Å². The molecule has 3 heterocycles. The molecule has 0 spiro atoms. The molecule has 2 aliphatic rings. The molecule has 0 aromatic carbocycles. The van der Waals surface area contributed by atoms with Crippen molar-refractivity contribution in [2.24, 2.45) is 11.3 Å². The van der Waals surface area contributed by atoms with E-state index in [1.165, 1.54) is 25.7 Å². The molecule has 2 aromatic rings. The number of halogens is 1. The SMILES string of the molecule is COC[C@H](C)NC1CCC(Cc2cc(-c3cccc(NCC4(C#N)CCOCC4)n3)c(Cl)cn2)CC1. The molecule has 0 unspecified atom stereocenters. The first kappa shape index (κ1) is 26.8. The number of nitrogens with one attached hydrogen (secondary N) is 2. The maximum atomic E-state index is 9.73. The summed E-state index contributed by atoms with van der Waals surface area (Å²) in [7, 11) is 1.75. The average molecular weight is 512 g/mol. The van der Waals surface area contributed by atoms with Crippen LogP contribution < -0.4 is 10.6 Å². The van der Waals surface area contributed by atoms with Gasteiger partial charge in [-0.1, -0.05) is 17.7 Å². The molecule has 8 heteroatoms. The van der Waals surface area contributed by atoms with Crippen molar-refractivity contribution in [2.45, 2.75) is 64.0 Å². The number of anilines is 1. The minimum Gasteiger partial charge on any atom is -0.383 e. The first-order chi connectivity index (χ1) is 17.5. The second-order valence-electron chi connectivity index (χ2n) is 10.4. The van der Waals surface area contributed by atoms with E-state index in [4.69, 9.17) is 26.1 Å². The molecule has 2 N–H and O–H groups in total. The molecule has 4 rings (SSSR count). The third-order valence-electron chi connectivity index (χ3n) is 7.51. The van der Waals surface area contributed by atoms with Crippen LogP contribution in [0.2, 0.25) is 5.02 Å². The molecule has 0 bridgehead atoms. The van der Waals surface area contributed by atoms with Gasteiger partial charge < -0.3 is 20.1 Å². The van der Waals surface area contributed by atoms with Crippen molar-refractivity contribution in [3.05, 3.63) is 41.2 Å². The van der Waals surface area contributed by atoms with E-state index < -0.39 is 5.41 Å². The van der Waals surface area contributed by atoms with Crippen molar-refractivity contribution >= 4 is 17.4 Å². The Balaban J connectivity index is 1.37. The summed E-state index contributed by atoms with van der Waals surface area (Å²) >= 11 is 6.56. The normalized spacial score (nSPS) is 22.5. The molecular weight excluding hydrogens is 474 g/mol. The number of methoxy groups -OCH3 is 1. The number of nitrogens with zero attached hydrogens (tertiary/aromatic N) is 3. The van der Waals surface area contributed by atoms with E-state index in [2.05, 4.69) is 34.7 Å². The lowest BCUT2D eigenvalue weighted by molar-refractivity contribution is 0.0455. The molecule has 1 aliphatic heterocycles. The number of rotatable bonds is 10. The van der Waals surface area contributed by atoms with Gasteiger partial charge in [0, 0.05) is 56.4 Å². The van der Waals surface area contributed by atoms with E-state index in [1.54, 1.807) is 13.3 Å². The van der Waals surface area contributed by atoms with Crippen molar-refractivity contribution in [1.29, 1.82) is 5.26 Å². The highest BCUT2D eigenvalue weighted by molar-refractivity contribution is 6.33. The van der Waals surface area contributed by atoms with Gasteiger partial charge in [0.25, 0.3) is 0 Å². The van der Waals surface area contributed by atoms with Crippen LogP contribution in [-0.2, 0) is 15.9 Å². The van der Waals surface area contributed by atoms with E-state index in [0.29, 0.717) is 42.8 Å². The van der Waals surface area contributed by atoms with Gasteiger partial charge in [0.05, 0.1) is 28.8 Å². The Bertz CT molecular complexity index is 1030. The van der Waals surface area contributed by atoms with Crippen LogP contribution in [0.15, 0.2) is 30.5 Å². The van der Waals surface area contributed by atoms with Crippen molar-refractivity contribution in [1.82, 2.24) is 15.3 Å². The first-order valence-electron chi connectivity index (χ1n) is 13.1. The van der Waals surface area contributed by atoms with Crippen LogP contribution >= 0.6 is 11.6 Å². The first-order valence-corrected chi connectivity index (χ1v) is 13.5. The van der Waals surface area contributed by atoms with E-state index in [9.17, 15) is 5.26 Å². The van der Waals surface area contributed by atoms with Crippen molar-refractivity contribution in [2.75, 3.05) is 38.8 Å². The maximum Gasteiger partial charge on any atom is 0.126 e. The van der Waals surface area contributed by atoms with Gasteiger partial charge in [-0.3, -0.25) is 4.98 Å². The molecule has 36 heavy (non-hydrogen) atoms. The Morgan fingerprint density at radius 1 is 1.25 bits per heavy atom. The van der Waals surface area contributed by atoms with E-state index in [1.807, 2.05) is 18.2 Å². The summed E-state index contributed by atoms with van der Waals surface area (Å²) in [6, 6.07) is 11.4. The Hall–Kier alpha value is -2.24. The van der Waals surface area contributed by atoms with Crippen molar-refractivity contribution in [3.8, 4) is 17.3 Å². The molecule has 1 aliphatic carbocycles. The molecule has 1 atom stereocenters. The number of hydrogen-bond donors (Lipinski definition) is 2. The number of hydrogen-bond acceptors (Lipinski definition) is 7. The number of ether oxygens (including phenoxy) is 2. The Labute approximate surface area is 220 Å². The zero-order valence-electron chi connectivity index (χ0n) is 21.4. The fourth-order valence-corrected chi connectivity index (χ4v) is 5.55. The Morgan fingerprint density at radius 2 is 2.03 bits per heavy atom. The van der Waals surface area contributed by atoms with Gasteiger partial charge in [-0.25, -0.2) is 4.98 Å². The summed E-state index contributed by atoms with van der Waals surface area (Å²) < 4.78 is 10.7. The predicted molar refractivity (Wildman–Crippen MR) is 143 cm³/mol. The smallest absolute Gasteiger partial charge is 0.126 e. The highest BCUT2D eigenvalue weighted by Gasteiger charge is 2.32. The largest absolute Gasteiger partial charge is 0.383 e. The average Bonchev–Trinajstić information content (AvgIpc) is 2.90. The van der Waals surface area contributed by atoms with Crippen LogP contribution in [0.25, 0.3) is 11.3 Å². The lowest BCUT2D eigenvalue weighted by atomic mass is 9.82. The van der Waals surface area contributed by atoms with Crippen molar-refractivity contribution < 1.29 is 9.47 Å². The van der Waals surface area contributed by atoms with Crippen LogP contribution in [0.1, 0.15) is 51.1 Å². The molecule has 0 radical (unpaired) electrons. The number of aromatic nitrogens is 2. The molecular formula is C28H38ClN5O2. The van der Waals surface area contributed by atoms with Crippen molar-refractivity contribution in [3.63, 3.8) is 0 Å². The molecule has 194 valence electrons. The zero-order valence-corrected chi connectivity index (χ0v) is 22.2. The van der Waals surface area contributed by atoms with Gasteiger partial charge >= 0.3 is 0 Å².